The Bertz CT molecular complexity index is 383. The Kier molecular flexibility index (Phi) is 5.23. The molecule has 0 bridgehead atoms. The van der Waals surface area contributed by atoms with Gasteiger partial charge in [0.25, 0.3) is 0 Å². The Hall–Kier alpha value is -1.23. The predicted octanol–water partition coefficient (Wildman–Crippen LogP) is 4.03. The quantitative estimate of drug-likeness (QED) is 0.850. The monoisotopic (exact) mass is 276 g/mol. The largest absolute Gasteiger partial charge is 0.494 e. The average Bonchev–Trinajstić information content (AvgIpc) is 2.28. The van der Waals surface area contributed by atoms with Crippen LogP contribution in [0.1, 0.15) is 38.7 Å². The van der Waals surface area contributed by atoms with Gasteiger partial charge in [-0.1, -0.05) is 12.1 Å². The molecule has 0 amide bonds. The second-order valence-electron chi connectivity index (χ2n) is 4.70. The van der Waals surface area contributed by atoms with E-state index in [0.29, 0.717) is 17.9 Å². The van der Waals surface area contributed by atoms with Gasteiger partial charge in [-0.05, 0) is 44.4 Å². The van der Waals surface area contributed by atoms with Crippen LogP contribution in [0.15, 0.2) is 24.3 Å². The van der Waals surface area contributed by atoms with E-state index in [9.17, 15) is 18.3 Å². The van der Waals surface area contributed by atoms with E-state index < -0.39 is 18.2 Å². The molecule has 0 spiro atoms. The van der Waals surface area contributed by atoms with Gasteiger partial charge in [0.15, 0.2) is 0 Å². The molecule has 19 heavy (non-hydrogen) atoms. The molecule has 1 unspecified atom stereocenters. The lowest BCUT2D eigenvalue weighted by Gasteiger charge is -2.24. The number of hydrogen-bond donors (Lipinski definition) is 1. The fourth-order valence-electron chi connectivity index (χ4n) is 1.85. The maximum Gasteiger partial charge on any atom is 0.389 e. The van der Waals surface area contributed by atoms with Crippen molar-refractivity contribution in [1.82, 2.24) is 0 Å². The minimum absolute atomic E-state index is 0.0699. The molecule has 1 atom stereocenters. The van der Waals surface area contributed by atoms with Gasteiger partial charge in [0.1, 0.15) is 5.75 Å². The van der Waals surface area contributed by atoms with E-state index in [-0.39, 0.29) is 12.8 Å². The van der Waals surface area contributed by atoms with Gasteiger partial charge < -0.3 is 9.84 Å². The lowest BCUT2D eigenvalue weighted by molar-refractivity contribution is -0.137. The summed E-state index contributed by atoms with van der Waals surface area (Å²) < 4.78 is 41.5. The van der Waals surface area contributed by atoms with E-state index in [1.165, 1.54) is 6.92 Å². The molecule has 0 aliphatic heterocycles. The maximum absolute atomic E-state index is 12.1. The Morgan fingerprint density at radius 2 is 1.68 bits per heavy atom. The van der Waals surface area contributed by atoms with Crippen molar-refractivity contribution in [2.75, 3.05) is 6.61 Å². The van der Waals surface area contributed by atoms with Gasteiger partial charge in [-0.3, -0.25) is 0 Å². The van der Waals surface area contributed by atoms with Crippen molar-refractivity contribution in [3.63, 3.8) is 0 Å². The van der Waals surface area contributed by atoms with Gasteiger partial charge in [0.05, 0.1) is 12.2 Å². The highest BCUT2D eigenvalue weighted by Gasteiger charge is 2.29. The van der Waals surface area contributed by atoms with Crippen LogP contribution in [0.5, 0.6) is 5.75 Å². The number of halogens is 3. The number of benzene rings is 1. The first kappa shape index (κ1) is 15.8. The minimum atomic E-state index is -4.17. The number of rotatable bonds is 6. The number of alkyl halides is 3. The van der Waals surface area contributed by atoms with Gasteiger partial charge in [0, 0.05) is 6.42 Å². The normalized spacial score (nSPS) is 15.1. The second kappa shape index (κ2) is 6.28. The highest BCUT2D eigenvalue weighted by Crippen LogP contribution is 2.31. The summed E-state index contributed by atoms with van der Waals surface area (Å²) in [5, 5.41) is 10.2. The van der Waals surface area contributed by atoms with Gasteiger partial charge in [-0.25, -0.2) is 0 Å². The van der Waals surface area contributed by atoms with Crippen LogP contribution in [0, 0.1) is 0 Å². The molecule has 2 nitrogen and oxygen atoms in total. The Balaban J connectivity index is 2.60. The van der Waals surface area contributed by atoms with Crippen LogP contribution < -0.4 is 4.74 Å². The summed E-state index contributed by atoms with van der Waals surface area (Å²) in [5.41, 5.74) is -0.658. The standard InChI is InChI=1S/C14H19F3O2/c1-3-19-12-7-5-11(6-8-12)13(2,18)9-4-10-14(15,16)17/h5-8,18H,3-4,9-10H2,1-2H3. The predicted molar refractivity (Wildman–Crippen MR) is 67.1 cm³/mol. The number of hydrogen-bond acceptors (Lipinski definition) is 2. The molecular weight excluding hydrogens is 257 g/mol. The summed E-state index contributed by atoms with van der Waals surface area (Å²) in [4.78, 5) is 0. The van der Waals surface area contributed by atoms with E-state index >= 15 is 0 Å². The third-order valence-electron chi connectivity index (χ3n) is 2.91. The SMILES string of the molecule is CCOc1ccc(C(C)(O)CCCC(F)(F)F)cc1. The molecule has 0 aliphatic carbocycles. The molecule has 1 aromatic carbocycles. The highest BCUT2D eigenvalue weighted by atomic mass is 19.4. The van der Waals surface area contributed by atoms with Crippen molar-refractivity contribution >= 4 is 0 Å². The topological polar surface area (TPSA) is 29.5 Å². The molecule has 0 aromatic heterocycles. The molecule has 1 N–H and O–H groups in total. The zero-order valence-electron chi connectivity index (χ0n) is 11.1. The van der Waals surface area contributed by atoms with Crippen LogP contribution in [-0.2, 0) is 5.60 Å². The number of ether oxygens (including phenoxy) is 1. The molecule has 0 fully saturated rings. The van der Waals surface area contributed by atoms with Crippen LogP contribution in [0.2, 0.25) is 0 Å². The smallest absolute Gasteiger partial charge is 0.389 e. The van der Waals surface area contributed by atoms with Crippen molar-refractivity contribution in [3.05, 3.63) is 29.8 Å². The van der Waals surface area contributed by atoms with Crippen molar-refractivity contribution in [3.8, 4) is 5.75 Å². The third kappa shape index (κ3) is 5.51. The van der Waals surface area contributed by atoms with Crippen LogP contribution in [-0.4, -0.2) is 17.9 Å². The van der Waals surface area contributed by atoms with Crippen molar-refractivity contribution in [2.45, 2.75) is 44.9 Å². The molecular formula is C14H19F3O2. The Morgan fingerprint density at radius 3 is 2.16 bits per heavy atom. The van der Waals surface area contributed by atoms with E-state index in [1.54, 1.807) is 24.3 Å². The fourth-order valence-corrected chi connectivity index (χ4v) is 1.85. The first-order chi connectivity index (χ1) is 8.74. The van der Waals surface area contributed by atoms with Gasteiger partial charge >= 0.3 is 6.18 Å². The van der Waals surface area contributed by atoms with Crippen molar-refractivity contribution < 1.29 is 23.0 Å². The summed E-state index contributed by atoms with van der Waals surface area (Å²) >= 11 is 0. The molecule has 0 heterocycles. The van der Waals surface area contributed by atoms with Crippen molar-refractivity contribution in [2.24, 2.45) is 0 Å². The molecule has 108 valence electrons. The summed E-state index contributed by atoms with van der Waals surface area (Å²) in [6, 6.07) is 6.77. The van der Waals surface area contributed by atoms with Crippen molar-refractivity contribution in [1.29, 1.82) is 0 Å². The van der Waals surface area contributed by atoms with Gasteiger partial charge in [-0.2, -0.15) is 13.2 Å². The number of aliphatic hydroxyl groups is 1. The Morgan fingerprint density at radius 1 is 1.11 bits per heavy atom. The van der Waals surface area contributed by atoms with E-state index in [0.717, 1.165) is 0 Å². The van der Waals surface area contributed by atoms with Crippen LogP contribution in [0.25, 0.3) is 0 Å². The summed E-state index contributed by atoms with van der Waals surface area (Å²) in [7, 11) is 0. The second-order valence-corrected chi connectivity index (χ2v) is 4.70. The lowest BCUT2D eigenvalue weighted by atomic mass is 9.90. The lowest BCUT2D eigenvalue weighted by Crippen LogP contribution is -2.22. The van der Waals surface area contributed by atoms with E-state index in [2.05, 4.69) is 0 Å². The van der Waals surface area contributed by atoms with Gasteiger partial charge in [-0.15, -0.1) is 0 Å². The molecule has 0 saturated heterocycles. The first-order valence-electron chi connectivity index (χ1n) is 6.27. The molecule has 1 aromatic rings. The summed E-state index contributed by atoms with van der Waals surface area (Å²) in [5.74, 6) is 0.678. The molecule has 0 aliphatic rings. The molecule has 5 heteroatoms. The maximum atomic E-state index is 12.1. The Labute approximate surface area is 111 Å². The van der Waals surface area contributed by atoms with Crippen LogP contribution >= 0.6 is 0 Å². The highest BCUT2D eigenvalue weighted by molar-refractivity contribution is 5.30. The van der Waals surface area contributed by atoms with E-state index in [1.807, 2.05) is 6.92 Å². The van der Waals surface area contributed by atoms with E-state index in [4.69, 9.17) is 4.74 Å². The fraction of sp³-hybridized carbons (Fsp3) is 0.571. The molecule has 0 radical (unpaired) electrons. The molecule has 0 saturated carbocycles. The first-order valence-corrected chi connectivity index (χ1v) is 6.27. The zero-order chi connectivity index (χ0) is 14.5. The van der Waals surface area contributed by atoms with Gasteiger partial charge in [0.2, 0.25) is 0 Å². The minimum Gasteiger partial charge on any atom is -0.494 e. The summed E-state index contributed by atoms with van der Waals surface area (Å²) in [6.45, 7) is 3.93. The zero-order valence-corrected chi connectivity index (χ0v) is 11.1. The van der Waals surface area contributed by atoms with Crippen LogP contribution in [0.4, 0.5) is 13.2 Å². The average molecular weight is 276 g/mol. The van der Waals surface area contributed by atoms with Crippen LogP contribution in [0.3, 0.4) is 0 Å². The molecule has 1 rings (SSSR count). The summed E-state index contributed by atoms with van der Waals surface area (Å²) in [6.07, 6.45) is -5.07. The third-order valence-corrected chi connectivity index (χ3v) is 2.91.